The van der Waals surface area contributed by atoms with Crippen molar-refractivity contribution < 1.29 is 4.79 Å². The Labute approximate surface area is 147 Å². The summed E-state index contributed by atoms with van der Waals surface area (Å²) in [5.74, 6) is -0.108. The van der Waals surface area contributed by atoms with Crippen LogP contribution in [0.2, 0.25) is 0 Å². The zero-order valence-corrected chi connectivity index (χ0v) is 14.7. The van der Waals surface area contributed by atoms with Crippen LogP contribution < -0.4 is 16.1 Å². The lowest BCUT2D eigenvalue weighted by Crippen LogP contribution is -2.25. The molecule has 0 heterocycles. The van der Waals surface area contributed by atoms with Gasteiger partial charge in [-0.1, -0.05) is 30.3 Å². The summed E-state index contributed by atoms with van der Waals surface area (Å²) >= 11 is 5.26. The number of carbonyl (C=O) groups is 1. The van der Waals surface area contributed by atoms with Gasteiger partial charge in [-0.05, 0) is 55.4 Å². The third-order valence-electron chi connectivity index (χ3n) is 3.32. The number of carbonyl (C=O) groups excluding carboxylic acids is 1. The molecule has 6 heteroatoms. The van der Waals surface area contributed by atoms with E-state index in [4.69, 9.17) is 12.2 Å². The lowest BCUT2D eigenvalue weighted by molar-refractivity contribution is -0.114. The smallest absolute Gasteiger partial charge is 0.221 e. The molecule has 0 saturated carbocycles. The Morgan fingerprint density at radius 3 is 2.50 bits per heavy atom. The van der Waals surface area contributed by atoms with Crippen LogP contribution in [0.1, 0.15) is 25.0 Å². The largest absolute Gasteiger partial charge is 0.331 e. The van der Waals surface area contributed by atoms with Gasteiger partial charge in [0.15, 0.2) is 5.11 Å². The van der Waals surface area contributed by atoms with Crippen molar-refractivity contribution in [2.45, 2.75) is 20.8 Å². The number of hydrogen-bond acceptors (Lipinski definition) is 3. The summed E-state index contributed by atoms with van der Waals surface area (Å²) in [6.07, 6.45) is 0. The van der Waals surface area contributed by atoms with Gasteiger partial charge >= 0.3 is 0 Å². The summed E-state index contributed by atoms with van der Waals surface area (Å²) in [5.41, 5.74) is 7.27. The van der Waals surface area contributed by atoms with E-state index in [1.807, 2.05) is 62.4 Å². The van der Waals surface area contributed by atoms with Crippen LogP contribution in [0.5, 0.6) is 0 Å². The van der Waals surface area contributed by atoms with E-state index < -0.39 is 0 Å². The minimum Gasteiger partial charge on any atom is -0.331 e. The van der Waals surface area contributed by atoms with E-state index in [9.17, 15) is 4.79 Å². The van der Waals surface area contributed by atoms with Gasteiger partial charge in [0, 0.05) is 18.3 Å². The Morgan fingerprint density at radius 2 is 1.79 bits per heavy atom. The first-order valence-electron chi connectivity index (χ1n) is 7.50. The normalized spacial score (nSPS) is 10.9. The van der Waals surface area contributed by atoms with Crippen LogP contribution in [0, 0.1) is 6.92 Å². The van der Waals surface area contributed by atoms with Gasteiger partial charge in [0.05, 0.1) is 5.71 Å². The number of nitrogens with zero attached hydrogens (tertiary/aromatic N) is 1. The molecule has 124 valence electrons. The molecule has 0 spiro atoms. The number of amides is 1. The van der Waals surface area contributed by atoms with Crippen LogP contribution >= 0.6 is 12.2 Å². The van der Waals surface area contributed by atoms with Gasteiger partial charge in [0.2, 0.25) is 5.91 Å². The van der Waals surface area contributed by atoms with E-state index in [-0.39, 0.29) is 5.91 Å². The molecule has 2 aromatic carbocycles. The second-order valence-corrected chi connectivity index (χ2v) is 5.75. The molecule has 24 heavy (non-hydrogen) atoms. The van der Waals surface area contributed by atoms with Crippen molar-refractivity contribution in [1.82, 2.24) is 5.43 Å². The van der Waals surface area contributed by atoms with Crippen molar-refractivity contribution in [2.24, 2.45) is 5.10 Å². The minimum absolute atomic E-state index is 0.108. The standard InChI is InChI=1S/C18H20N4OS/c1-12-7-4-5-10-17(12)20-18(24)22-21-13(2)15-8-6-9-16(11-15)19-14(3)23/h4-11H,1-3H3,(H,19,23)(H2,20,22,24)/b21-13-. The maximum Gasteiger partial charge on any atom is 0.221 e. The minimum atomic E-state index is -0.108. The highest BCUT2D eigenvalue weighted by atomic mass is 32.1. The molecule has 0 aromatic heterocycles. The predicted octanol–water partition coefficient (Wildman–Crippen LogP) is 3.66. The molecule has 0 radical (unpaired) electrons. The molecule has 0 unspecified atom stereocenters. The van der Waals surface area contributed by atoms with E-state index in [2.05, 4.69) is 21.2 Å². The van der Waals surface area contributed by atoms with Gasteiger partial charge in [-0.15, -0.1) is 0 Å². The number of benzene rings is 2. The van der Waals surface area contributed by atoms with Gasteiger partial charge in [0.1, 0.15) is 0 Å². The summed E-state index contributed by atoms with van der Waals surface area (Å²) in [7, 11) is 0. The first-order chi connectivity index (χ1) is 11.5. The zero-order valence-electron chi connectivity index (χ0n) is 13.9. The van der Waals surface area contributed by atoms with Crippen LogP contribution in [-0.2, 0) is 4.79 Å². The number of rotatable bonds is 4. The Morgan fingerprint density at radius 1 is 1.04 bits per heavy atom. The lowest BCUT2D eigenvalue weighted by atomic mass is 10.1. The average molecular weight is 340 g/mol. The predicted molar refractivity (Wildman–Crippen MR) is 103 cm³/mol. The van der Waals surface area contributed by atoms with Crippen LogP contribution in [0.3, 0.4) is 0 Å². The van der Waals surface area contributed by atoms with Gasteiger partial charge in [-0.3, -0.25) is 10.2 Å². The molecule has 0 aliphatic carbocycles. The van der Waals surface area contributed by atoms with Crippen molar-refractivity contribution in [3.8, 4) is 0 Å². The fourth-order valence-electron chi connectivity index (χ4n) is 2.09. The highest BCUT2D eigenvalue weighted by Crippen LogP contribution is 2.13. The molecule has 0 aliphatic heterocycles. The fraction of sp³-hybridized carbons (Fsp3) is 0.167. The van der Waals surface area contributed by atoms with E-state index in [0.29, 0.717) is 5.11 Å². The first-order valence-corrected chi connectivity index (χ1v) is 7.91. The molecular weight excluding hydrogens is 320 g/mol. The van der Waals surface area contributed by atoms with E-state index in [1.165, 1.54) is 6.92 Å². The Balaban J connectivity index is 2.02. The van der Waals surface area contributed by atoms with Crippen LogP contribution in [0.4, 0.5) is 11.4 Å². The van der Waals surface area contributed by atoms with Gasteiger partial charge in [-0.25, -0.2) is 0 Å². The summed E-state index contributed by atoms with van der Waals surface area (Å²) in [4.78, 5) is 11.1. The quantitative estimate of drug-likeness (QED) is 0.451. The molecular formula is C18H20N4OS. The number of anilines is 2. The number of thiocarbonyl (C=S) groups is 1. The van der Waals surface area contributed by atoms with Gasteiger partial charge in [-0.2, -0.15) is 5.10 Å². The highest BCUT2D eigenvalue weighted by molar-refractivity contribution is 7.80. The zero-order chi connectivity index (χ0) is 17.5. The van der Waals surface area contributed by atoms with E-state index >= 15 is 0 Å². The van der Waals surface area contributed by atoms with Crippen molar-refractivity contribution in [2.75, 3.05) is 10.6 Å². The van der Waals surface area contributed by atoms with Crippen LogP contribution in [0.25, 0.3) is 0 Å². The van der Waals surface area contributed by atoms with Crippen molar-refractivity contribution in [3.63, 3.8) is 0 Å². The Hall–Kier alpha value is -2.73. The second-order valence-electron chi connectivity index (χ2n) is 5.34. The maximum absolute atomic E-state index is 11.1. The summed E-state index contributed by atoms with van der Waals surface area (Å²) in [6.45, 7) is 5.36. The molecule has 0 fully saturated rings. The second kappa shape index (κ2) is 8.21. The molecule has 0 aliphatic rings. The number of hydrazone groups is 1. The summed E-state index contributed by atoms with van der Waals surface area (Å²) in [6, 6.07) is 15.4. The molecule has 0 atom stereocenters. The SMILES string of the molecule is CC(=O)Nc1cccc(/C(C)=N\NC(=S)Nc2ccccc2C)c1. The van der Waals surface area contributed by atoms with Crippen LogP contribution in [-0.4, -0.2) is 16.7 Å². The third kappa shape index (κ3) is 5.17. The number of nitrogens with one attached hydrogen (secondary N) is 3. The van der Waals surface area contributed by atoms with Gasteiger partial charge < -0.3 is 10.6 Å². The molecule has 2 rings (SSSR count). The van der Waals surface area contributed by atoms with Crippen molar-refractivity contribution in [3.05, 3.63) is 59.7 Å². The third-order valence-corrected chi connectivity index (χ3v) is 3.51. The van der Waals surface area contributed by atoms with Crippen molar-refractivity contribution >= 4 is 40.3 Å². The molecule has 5 nitrogen and oxygen atoms in total. The highest BCUT2D eigenvalue weighted by Gasteiger charge is 2.03. The number of aryl methyl sites for hydroxylation is 1. The molecule has 0 bridgehead atoms. The number of para-hydroxylation sites is 1. The Bertz CT molecular complexity index is 786. The average Bonchev–Trinajstić information content (AvgIpc) is 2.54. The lowest BCUT2D eigenvalue weighted by Gasteiger charge is -2.10. The van der Waals surface area contributed by atoms with E-state index in [0.717, 1.165) is 28.2 Å². The summed E-state index contributed by atoms with van der Waals surface area (Å²) < 4.78 is 0. The maximum atomic E-state index is 11.1. The summed E-state index contributed by atoms with van der Waals surface area (Å²) in [5, 5.41) is 10.6. The van der Waals surface area contributed by atoms with Crippen LogP contribution in [0.15, 0.2) is 53.6 Å². The topological polar surface area (TPSA) is 65.5 Å². The molecule has 0 saturated heterocycles. The van der Waals surface area contributed by atoms with Gasteiger partial charge in [0.25, 0.3) is 0 Å². The first kappa shape index (κ1) is 17.6. The Kier molecular flexibility index (Phi) is 6.03. The monoisotopic (exact) mass is 340 g/mol. The van der Waals surface area contributed by atoms with Crippen molar-refractivity contribution in [1.29, 1.82) is 0 Å². The molecule has 1 amide bonds. The van der Waals surface area contributed by atoms with E-state index in [1.54, 1.807) is 0 Å². The fourth-order valence-corrected chi connectivity index (χ4v) is 2.24. The molecule has 3 N–H and O–H groups in total. The molecule has 2 aromatic rings. The number of hydrogen-bond donors (Lipinski definition) is 3.